The van der Waals surface area contributed by atoms with Gasteiger partial charge in [0.1, 0.15) is 0 Å². The lowest BCUT2D eigenvalue weighted by Crippen LogP contribution is -2.17. The van der Waals surface area contributed by atoms with Crippen LogP contribution in [0.4, 0.5) is 0 Å². The standard InChI is InChI=1S/C22H22Cl2N2O4S/c1-28-18-10-14(11-19(29-2)21(18)30-3)4-7-20(27)25-22-26(8-9-31-22)13-15-5-6-16(23)12-17(15)24/h5-6,8-12H,4,7,13H2,1-3H3. The molecule has 9 heteroatoms. The van der Waals surface area contributed by atoms with Crippen molar-refractivity contribution in [1.29, 1.82) is 0 Å². The van der Waals surface area contributed by atoms with Crippen molar-refractivity contribution in [3.63, 3.8) is 0 Å². The van der Waals surface area contributed by atoms with E-state index >= 15 is 0 Å². The van der Waals surface area contributed by atoms with Crippen molar-refractivity contribution in [2.75, 3.05) is 21.3 Å². The summed E-state index contributed by atoms with van der Waals surface area (Å²) >= 11 is 13.6. The van der Waals surface area contributed by atoms with Crippen molar-refractivity contribution in [3.05, 3.63) is 67.9 Å². The maximum Gasteiger partial charge on any atom is 0.248 e. The van der Waals surface area contributed by atoms with Gasteiger partial charge in [-0.25, -0.2) is 0 Å². The number of aryl methyl sites for hydroxylation is 1. The van der Waals surface area contributed by atoms with Crippen LogP contribution in [0.15, 0.2) is 46.9 Å². The van der Waals surface area contributed by atoms with E-state index in [1.807, 2.05) is 34.3 Å². The summed E-state index contributed by atoms with van der Waals surface area (Å²) in [6.45, 7) is 0.499. The first-order chi connectivity index (χ1) is 14.9. The highest BCUT2D eigenvalue weighted by atomic mass is 35.5. The van der Waals surface area contributed by atoms with Gasteiger partial charge in [-0.2, -0.15) is 4.99 Å². The van der Waals surface area contributed by atoms with Crippen molar-refractivity contribution in [2.24, 2.45) is 4.99 Å². The number of carbonyl (C=O) groups excluding carboxylic acids is 1. The van der Waals surface area contributed by atoms with Gasteiger partial charge in [0, 0.05) is 28.0 Å². The molecule has 0 spiro atoms. The Morgan fingerprint density at radius 3 is 2.39 bits per heavy atom. The monoisotopic (exact) mass is 480 g/mol. The summed E-state index contributed by atoms with van der Waals surface area (Å²) < 4.78 is 18.0. The summed E-state index contributed by atoms with van der Waals surface area (Å²) in [4.78, 5) is 17.4. The Hall–Kier alpha value is -2.48. The number of hydrogen-bond acceptors (Lipinski definition) is 5. The summed E-state index contributed by atoms with van der Waals surface area (Å²) in [5.74, 6) is 1.41. The van der Waals surface area contributed by atoms with E-state index in [-0.39, 0.29) is 12.3 Å². The molecule has 1 heterocycles. The first-order valence-corrected chi connectivity index (χ1v) is 11.0. The fraction of sp³-hybridized carbons (Fsp3) is 0.273. The fourth-order valence-corrected chi connectivity index (χ4v) is 4.25. The molecule has 0 fully saturated rings. The van der Waals surface area contributed by atoms with E-state index in [0.717, 1.165) is 11.1 Å². The molecule has 0 saturated heterocycles. The topological polar surface area (TPSA) is 62.0 Å². The van der Waals surface area contributed by atoms with Crippen molar-refractivity contribution in [1.82, 2.24) is 4.57 Å². The zero-order chi connectivity index (χ0) is 22.4. The second-order valence-electron chi connectivity index (χ2n) is 6.59. The van der Waals surface area contributed by atoms with E-state index in [2.05, 4.69) is 4.99 Å². The summed E-state index contributed by atoms with van der Waals surface area (Å²) in [5, 5.41) is 3.04. The molecule has 0 saturated carbocycles. The number of nitrogens with zero attached hydrogens (tertiary/aromatic N) is 2. The van der Waals surface area contributed by atoms with Crippen molar-refractivity contribution >= 4 is 40.4 Å². The van der Waals surface area contributed by atoms with Gasteiger partial charge in [-0.3, -0.25) is 4.79 Å². The number of aromatic nitrogens is 1. The molecule has 0 N–H and O–H groups in total. The molecule has 0 aliphatic heterocycles. The van der Waals surface area contributed by atoms with Crippen LogP contribution in [0.3, 0.4) is 0 Å². The highest BCUT2D eigenvalue weighted by Crippen LogP contribution is 2.38. The molecular weight excluding hydrogens is 459 g/mol. The molecule has 2 aromatic carbocycles. The van der Waals surface area contributed by atoms with Crippen LogP contribution in [0.2, 0.25) is 10.0 Å². The Balaban J connectivity index is 1.74. The third-order valence-electron chi connectivity index (χ3n) is 4.59. The van der Waals surface area contributed by atoms with Gasteiger partial charge in [0.05, 0.1) is 27.9 Å². The van der Waals surface area contributed by atoms with Gasteiger partial charge in [0.2, 0.25) is 11.7 Å². The number of halogens is 2. The summed E-state index contributed by atoms with van der Waals surface area (Å²) in [7, 11) is 4.67. The van der Waals surface area contributed by atoms with Gasteiger partial charge in [-0.15, -0.1) is 11.3 Å². The lowest BCUT2D eigenvalue weighted by atomic mass is 10.1. The summed E-state index contributed by atoms with van der Waals surface area (Å²) in [6, 6.07) is 9.02. The zero-order valence-corrected chi connectivity index (χ0v) is 19.7. The predicted octanol–water partition coefficient (Wildman–Crippen LogP) is 4.99. The third-order valence-corrected chi connectivity index (χ3v) is 5.97. The van der Waals surface area contributed by atoms with E-state index in [4.69, 9.17) is 37.4 Å². The molecule has 0 bridgehead atoms. The molecular formula is C22H22Cl2N2O4S. The van der Waals surface area contributed by atoms with Gasteiger partial charge in [0.15, 0.2) is 16.3 Å². The molecule has 0 aliphatic rings. The number of rotatable bonds is 8. The van der Waals surface area contributed by atoms with E-state index in [9.17, 15) is 4.79 Å². The van der Waals surface area contributed by atoms with Crippen LogP contribution in [-0.4, -0.2) is 31.8 Å². The highest BCUT2D eigenvalue weighted by molar-refractivity contribution is 7.07. The van der Waals surface area contributed by atoms with E-state index < -0.39 is 0 Å². The molecule has 1 amide bonds. The Kier molecular flexibility index (Phi) is 8.01. The molecule has 164 valence electrons. The molecule has 3 rings (SSSR count). The zero-order valence-electron chi connectivity index (χ0n) is 17.4. The Morgan fingerprint density at radius 1 is 1.06 bits per heavy atom. The Labute approximate surface area is 194 Å². The minimum Gasteiger partial charge on any atom is -0.493 e. The molecule has 3 aromatic rings. The van der Waals surface area contributed by atoms with Crippen molar-refractivity contribution < 1.29 is 19.0 Å². The number of hydrogen-bond donors (Lipinski definition) is 0. The summed E-state index contributed by atoms with van der Waals surface area (Å²) in [6.07, 6.45) is 2.62. The average Bonchev–Trinajstić information content (AvgIpc) is 3.19. The number of carbonyl (C=O) groups is 1. The van der Waals surface area contributed by atoms with Gasteiger partial charge in [-0.1, -0.05) is 29.3 Å². The average molecular weight is 481 g/mol. The van der Waals surface area contributed by atoms with Crippen LogP contribution >= 0.6 is 34.5 Å². The summed E-state index contributed by atoms with van der Waals surface area (Å²) in [5.41, 5.74) is 1.79. The van der Waals surface area contributed by atoms with Gasteiger partial charge < -0.3 is 18.8 Å². The Morgan fingerprint density at radius 2 is 1.77 bits per heavy atom. The lowest BCUT2D eigenvalue weighted by molar-refractivity contribution is -0.118. The maximum atomic E-state index is 12.5. The first-order valence-electron chi connectivity index (χ1n) is 9.39. The van der Waals surface area contributed by atoms with Crippen LogP contribution in [0.25, 0.3) is 0 Å². The minimum atomic E-state index is -0.216. The smallest absolute Gasteiger partial charge is 0.248 e. The first kappa shape index (κ1) is 23.2. The van der Waals surface area contributed by atoms with Crippen LogP contribution < -0.4 is 19.0 Å². The molecule has 0 radical (unpaired) electrons. The SMILES string of the molecule is COc1cc(CCC(=O)N=c2sccn2Cc2ccc(Cl)cc2Cl)cc(OC)c1OC. The maximum absolute atomic E-state index is 12.5. The molecule has 6 nitrogen and oxygen atoms in total. The number of benzene rings is 2. The minimum absolute atomic E-state index is 0.216. The molecule has 31 heavy (non-hydrogen) atoms. The van der Waals surface area contributed by atoms with Gasteiger partial charge in [0.25, 0.3) is 0 Å². The number of ether oxygens (including phenoxy) is 3. The Bertz CT molecular complexity index is 1120. The van der Waals surface area contributed by atoms with Crippen LogP contribution in [0.1, 0.15) is 17.5 Å². The van der Waals surface area contributed by atoms with Crippen molar-refractivity contribution in [3.8, 4) is 17.2 Å². The molecule has 0 unspecified atom stereocenters. The van der Waals surface area contributed by atoms with Crippen molar-refractivity contribution in [2.45, 2.75) is 19.4 Å². The second-order valence-corrected chi connectivity index (χ2v) is 8.30. The second kappa shape index (κ2) is 10.7. The number of thiazole rings is 1. The van der Waals surface area contributed by atoms with Gasteiger partial charge in [-0.05, 0) is 41.8 Å². The normalized spacial score (nSPS) is 11.5. The third kappa shape index (κ3) is 5.81. The number of methoxy groups -OCH3 is 3. The predicted molar refractivity (Wildman–Crippen MR) is 123 cm³/mol. The van der Waals surface area contributed by atoms with E-state index in [1.54, 1.807) is 33.5 Å². The fourth-order valence-electron chi connectivity index (χ4n) is 3.03. The van der Waals surface area contributed by atoms with Gasteiger partial charge >= 0.3 is 0 Å². The molecule has 0 aliphatic carbocycles. The molecule has 1 aromatic heterocycles. The largest absolute Gasteiger partial charge is 0.493 e. The highest BCUT2D eigenvalue weighted by Gasteiger charge is 2.14. The van der Waals surface area contributed by atoms with E-state index in [0.29, 0.717) is 45.1 Å². The number of amides is 1. The van der Waals surface area contributed by atoms with E-state index in [1.165, 1.54) is 11.3 Å². The lowest BCUT2D eigenvalue weighted by Gasteiger charge is -2.13. The molecule has 0 atom stereocenters. The van der Waals surface area contributed by atoms with Crippen LogP contribution in [-0.2, 0) is 17.8 Å². The van der Waals surface area contributed by atoms with Crippen LogP contribution in [0.5, 0.6) is 17.2 Å². The van der Waals surface area contributed by atoms with Crippen LogP contribution in [0, 0.1) is 0 Å². The quantitative estimate of drug-likeness (QED) is 0.455.